The Kier molecular flexibility index (Phi) is 4.07. The molecule has 1 rings (SSSR count). The third kappa shape index (κ3) is 4.29. The van der Waals surface area contributed by atoms with Gasteiger partial charge >= 0.3 is 6.18 Å². The molecule has 0 unspecified atom stereocenters. The summed E-state index contributed by atoms with van der Waals surface area (Å²) in [7, 11) is 0. The van der Waals surface area contributed by atoms with Gasteiger partial charge in [0.2, 0.25) is 0 Å². The van der Waals surface area contributed by atoms with Crippen molar-refractivity contribution in [1.82, 2.24) is 0 Å². The lowest BCUT2D eigenvalue weighted by Gasteiger charge is -2.23. The van der Waals surface area contributed by atoms with E-state index in [4.69, 9.17) is 0 Å². The molecule has 0 spiro atoms. The molecule has 0 aliphatic rings. The molecule has 0 N–H and O–H groups in total. The van der Waals surface area contributed by atoms with Gasteiger partial charge in [-0.15, -0.1) is 0 Å². The first-order chi connectivity index (χ1) is 7.74. The van der Waals surface area contributed by atoms with Crippen molar-refractivity contribution in [3.8, 4) is 5.75 Å². The zero-order valence-electron chi connectivity index (χ0n) is 10.3. The standard InChI is InChI=1S/C13H17F3O/c1-4-12(2,3)10-5-7-11(8-6-10)17-9-13(14,15)16/h5-8H,4,9H2,1-3H3. The largest absolute Gasteiger partial charge is 0.484 e. The molecule has 1 aromatic rings. The van der Waals surface area contributed by atoms with Crippen LogP contribution in [0.15, 0.2) is 24.3 Å². The van der Waals surface area contributed by atoms with Crippen LogP contribution >= 0.6 is 0 Å². The Morgan fingerprint density at radius 3 is 2.00 bits per heavy atom. The molecule has 0 aliphatic carbocycles. The minimum Gasteiger partial charge on any atom is -0.484 e. The Morgan fingerprint density at radius 1 is 1.06 bits per heavy atom. The average Bonchev–Trinajstić information content (AvgIpc) is 2.26. The fourth-order valence-electron chi connectivity index (χ4n) is 1.37. The minimum absolute atomic E-state index is 0.0303. The second-order valence-electron chi connectivity index (χ2n) is 4.67. The van der Waals surface area contributed by atoms with Crippen molar-refractivity contribution in [2.24, 2.45) is 0 Å². The van der Waals surface area contributed by atoms with Gasteiger partial charge in [0.25, 0.3) is 0 Å². The maximum Gasteiger partial charge on any atom is 0.422 e. The van der Waals surface area contributed by atoms with Crippen molar-refractivity contribution in [1.29, 1.82) is 0 Å². The van der Waals surface area contributed by atoms with Crippen molar-refractivity contribution in [3.63, 3.8) is 0 Å². The third-order valence-corrected chi connectivity index (χ3v) is 2.92. The smallest absolute Gasteiger partial charge is 0.422 e. The predicted molar refractivity (Wildman–Crippen MR) is 61.3 cm³/mol. The Morgan fingerprint density at radius 2 is 1.59 bits per heavy atom. The van der Waals surface area contributed by atoms with Crippen LogP contribution in [0, 0.1) is 0 Å². The van der Waals surface area contributed by atoms with Crippen LogP contribution in [0.5, 0.6) is 5.75 Å². The lowest BCUT2D eigenvalue weighted by atomic mass is 9.82. The highest BCUT2D eigenvalue weighted by Gasteiger charge is 2.28. The summed E-state index contributed by atoms with van der Waals surface area (Å²) in [6.45, 7) is 5.02. The maximum atomic E-state index is 11.9. The second-order valence-corrected chi connectivity index (χ2v) is 4.67. The van der Waals surface area contributed by atoms with Crippen molar-refractivity contribution in [2.75, 3.05) is 6.61 Å². The summed E-state index contributed by atoms with van der Waals surface area (Å²) in [5.41, 5.74) is 1.13. The zero-order valence-corrected chi connectivity index (χ0v) is 10.3. The van der Waals surface area contributed by atoms with Gasteiger partial charge in [0.15, 0.2) is 6.61 Å². The zero-order chi connectivity index (χ0) is 13.1. The van der Waals surface area contributed by atoms with Crippen LogP contribution in [0.25, 0.3) is 0 Å². The highest BCUT2D eigenvalue weighted by molar-refractivity contribution is 5.31. The van der Waals surface area contributed by atoms with Crippen molar-refractivity contribution in [2.45, 2.75) is 38.8 Å². The predicted octanol–water partition coefficient (Wildman–Crippen LogP) is 4.32. The Labute approximate surface area is 99.6 Å². The molecule has 0 aromatic heterocycles. The summed E-state index contributed by atoms with van der Waals surface area (Å²) in [5.74, 6) is 0.248. The van der Waals surface area contributed by atoms with Gasteiger partial charge < -0.3 is 4.74 Å². The van der Waals surface area contributed by atoms with E-state index in [-0.39, 0.29) is 11.2 Å². The normalized spacial score (nSPS) is 12.6. The summed E-state index contributed by atoms with van der Waals surface area (Å²) in [4.78, 5) is 0. The lowest BCUT2D eigenvalue weighted by Crippen LogP contribution is -2.19. The molecular formula is C13H17F3O. The number of hydrogen-bond donors (Lipinski definition) is 0. The Hall–Kier alpha value is -1.19. The minimum atomic E-state index is -4.29. The molecular weight excluding hydrogens is 229 g/mol. The molecule has 4 heteroatoms. The molecule has 0 fully saturated rings. The van der Waals surface area contributed by atoms with Crippen LogP contribution in [0.2, 0.25) is 0 Å². The van der Waals surface area contributed by atoms with E-state index in [0.717, 1.165) is 12.0 Å². The second kappa shape index (κ2) is 4.98. The lowest BCUT2D eigenvalue weighted by molar-refractivity contribution is -0.153. The van der Waals surface area contributed by atoms with Crippen molar-refractivity contribution < 1.29 is 17.9 Å². The number of rotatable bonds is 4. The molecule has 0 atom stereocenters. The summed E-state index contributed by atoms with van der Waals surface area (Å²) < 4.78 is 40.5. The molecule has 0 amide bonds. The summed E-state index contributed by atoms with van der Waals surface area (Å²) in [6, 6.07) is 6.79. The molecule has 0 saturated heterocycles. The van der Waals surface area contributed by atoms with E-state index in [0.29, 0.717) is 0 Å². The third-order valence-electron chi connectivity index (χ3n) is 2.92. The Bertz CT molecular complexity index is 352. The van der Waals surface area contributed by atoms with Gasteiger partial charge in [-0.1, -0.05) is 32.9 Å². The summed E-state index contributed by atoms with van der Waals surface area (Å²) in [5, 5.41) is 0. The average molecular weight is 246 g/mol. The van der Waals surface area contributed by atoms with Crippen LogP contribution in [0.1, 0.15) is 32.8 Å². The maximum absolute atomic E-state index is 11.9. The van der Waals surface area contributed by atoms with Crippen LogP contribution < -0.4 is 4.74 Å². The number of hydrogen-bond acceptors (Lipinski definition) is 1. The van der Waals surface area contributed by atoms with E-state index in [1.165, 1.54) is 0 Å². The van der Waals surface area contributed by atoms with Crippen molar-refractivity contribution in [3.05, 3.63) is 29.8 Å². The van der Waals surface area contributed by atoms with E-state index >= 15 is 0 Å². The van der Waals surface area contributed by atoms with Crippen LogP contribution in [0.3, 0.4) is 0 Å². The van der Waals surface area contributed by atoms with Gasteiger partial charge in [-0.2, -0.15) is 13.2 Å². The van der Waals surface area contributed by atoms with Gasteiger partial charge in [0.1, 0.15) is 5.75 Å². The fourth-order valence-corrected chi connectivity index (χ4v) is 1.37. The van der Waals surface area contributed by atoms with Gasteiger partial charge in [0, 0.05) is 0 Å². The first-order valence-corrected chi connectivity index (χ1v) is 5.55. The van der Waals surface area contributed by atoms with Crippen LogP contribution in [-0.4, -0.2) is 12.8 Å². The Balaban J connectivity index is 2.69. The van der Waals surface area contributed by atoms with Gasteiger partial charge in [0.05, 0.1) is 0 Å². The van der Waals surface area contributed by atoms with Crippen LogP contribution in [0.4, 0.5) is 13.2 Å². The van der Waals surface area contributed by atoms with Gasteiger partial charge in [-0.25, -0.2) is 0 Å². The van der Waals surface area contributed by atoms with Crippen LogP contribution in [-0.2, 0) is 5.41 Å². The number of alkyl halides is 3. The molecule has 0 heterocycles. The van der Waals surface area contributed by atoms with E-state index in [1.54, 1.807) is 12.1 Å². The molecule has 17 heavy (non-hydrogen) atoms. The van der Waals surface area contributed by atoms with E-state index in [2.05, 4.69) is 25.5 Å². The molecule has 96 valence electrons. The molecule has 1 nitrogen and oxygen atoms in total. The number of halogens is 3. The molecule has 0 bridgehead atoms. The van der Waals surface area contributed by atoms with E-state index in [1.807, 2.05) is 12.1 Å². The fraction of sp³-hybridized carbons (Fsp3) is 0.538. The monoisotopic (exact) mass is 246 g/mol. The topological polar surface area (TPSA) is 9.23 Å². The van der Waals surface area contributed by atoms with E-state index in [9.17, 15) is 13.2 Å². The quantitative estimate of drug-likeness (QED) is 0.769. The molecule has 1 aromatic carbocycles. The molecule has 0 saturated carbocycles. The molecule has 0 radical (unpaired) electrons. The summed E-state index contributed by atoms with van der Waals surface area (Å²) >= 11 is 0. The highest BCUT2D eigenvalue weighted by atomic mass is 19.4. The molecule has 0 aliphatic heterocycles. The van der Waals surface area contributed by atoms with E-state index < -0.39 is 12.8 Å². The first kappa shape index (κ1) is 13.9. The SMILES string of the molecule is CCC(C)(C)c1ccc(OCC(F)(F)F)cc1. The first-order valence-electron chi connectivity index (χ1n) is 5.55. The van der Waals surface area contributed by atoms with Crippen molar-refractivity contribution >= 4 is 0 Å². The highest BCUT2D eigenvalue weighted by Crippen LogP contribution is 2.28. The van der Waals surface area contributed by atoms with Gasteiger partial charge in [-0.3, -0.25) is 0 Å². The number of ether oxygens (including phenoxy) is 1. The summed E-state index contributed by atoms with van der Waals surface area (Å²) in [6.07, 6.45) is -3.32. The number of benzene rings is 1. The van der Waals surface area contributed by atoms with Gasteiger partial charge in [-0.05, 0) is 29.5 Å².